The predicted molar refractivity (Wildman–Crippen MR) is 109 cm³/mol. The molecule has 7 nitrogen and oxygen atoms in total. The Balaban J connectivity index is 1.67. The fourth-order valence-corrected chi connectivity index (χ4v) is 5.15. The standard InChI is InChI=1S/C20H31N3O4S/c1-17-5-3-6-18(15-17)20(24)22-8-4-7-19(16-22)23(28(2,25)26)10-9-21-11-13-27-14-12-21/h3,5-6,15,19H,4,7-14,16H2,1-2H3. The van der Waals surface area contributed by atoms with E-state index in [9.17, 15) is 13.2 Å². The van der Waals surface area contributed by atoms with Crippen LogP contribution in [-0.4, -0.2) is 93.2 Å². The van der Waals surface area contributed by atoms with Crippen molar-refractivity contribution in [2.75, 3.05) is 58.7 Å². The van der Waals surface area contributed by atoms with Crippen LogP contribution in [0.1, 0.15) is 28.8 Å². The summed E-state index contributed by atoms with van der Waals surface area (Å²) in [6.45, 7) is 7.29. The quantitative estimate of drug-likeness (QED) is 0.706. The first-order chi connectivity index (χ1) is 13.3. The van der Waals surface area contributed by atoms with Crippen molar-refractivity contribution < 1.29 is 17.9 Å². The second kappa shape index (κ2) is 9.35. The molecule has 0 N–H and O–H groups in total. The van der Waals surface area contributed by atoms with Gasteiger partial charge in [-0.1, -0.05) is 17.7 Å². The first-order valence-corrected chi connectivity index (χ1v) is 11.8. The molecule has 0 radical (unpaired) electrons. The maximum atomic E-state index is 12.9. The molecule has 8 heteroatoms. The Morgan fingerprint density at radius 1 is 1.25 bits per heavy atom. The number of carbonyl (C=O) groups excluding carboxylic acids is 1. The second-order valence-corrected chi connectivity index (χ2v) is 9.68. The third kappa shape index (κ3) is 5.53. The van der Waals surface area contributed by atoms with Crippen LogP contribution < -0.4 is 0 Å². The summed E-state index contributed by atoms with van der Waals surface area (Å²) in [5.74, 6) is -0.0185. The topological polar surface area (TPSA) is 70.2 Å². The van der Waals surface area contributed by atoms with Gasteiger partial charge in [0, 0.05) is 50.9 Å². The molecule has 1 atom stereocenters. The number of piperidine rings is 1. The Morgan fingerprint density at radius 3 is 2.68 bits per heavy atom. The van der Waals surface area contributed by atoms with Gasteiger partial charge in [-0.3, -0.25) is 9.69 Å². The van der Waals surface area contributed by atoms with Crippen LogP contribution in [-0.2, 0) is 14.8 Å². The molecule has 2 saturated heterocycles. The summed E-state index contributed by atoms with van der Waals surface area (Å²) in [7, 11) is -3.35. The third-order valence-electron chi connectivity index (χ3n) is 5.52. The highest BCUT2D eigenvalue weighted by Crippen LogP contribution is 2.21. The lowest BCUT2D eigenvalue weighted by Crippen LogP contribution is -2.53. The number of ether oxygens (including phenoxy) is 1. The number of likely N-dealkylation sites (tertiary alicyclic amines) is 1. The number of hydrogen-bond acceptors (Lipinski definition) is 5. The van der Waals surface area contributed by atoms with Gasteiger partial charge in [0.1, 0.15) is 0 Å². The van der Waals surface area contributed by atoms with Crippen molar-refractivity contribution in [2.45, 2.75) is 25.8 Å². The lowest BCUT2D eigenvalue weighted by Gasteiger charge is -2.39. The third-order valence-corrected chi connectivity index (χ3v) is 6.86. The zero-order chi connectivity index (χ0) is 20.1. The van der Waals surface area contributed by atoms with Gasteiger partial charge in [0.2, 0.25) is 10.0 Å². The zero-order valence-corrected chi connectivity index (χ0v) is 17.7. The molecule has 1 aromatic rings. The number of carbonyl (C=O) groups is 1. The normalized spacial score (nSPS) is 21.8. The van der Waals surface area contributed by atoms with Crippen molar-refractivity contribution >= 4 is 15.9 Å². The van der Waals surface area contributed by atoms with Gasteiger partial charge in [-0.15, -0.1) is 0 Å². The van der Waals surface area contributed by atoms with Crippen LogP contribution in [0.25, 0.3) is 0 Å². The first-order valence-electron chi connectivity index (χ1n) is 9.97. The van der Waals surface area contributed by atoms with Crippen LogP contribution >= 0.6 is 0 Å². The molecule has 0 spiro atoms. The van der Waals surface area contributed by atoms with E-state index in [2.05, 4.69) is 4.90 Å². The largest absolute Gasteiger partial charge is 0.379 e. The molecule has 1 unspecified atom stereocenters. The van der Waals surface area contributed by atoms with E-state index in [1.807, 2.05) is 31.2 Å². The van der Waals surface area contributed by atoms with Crippen LogP contribution in [0.15, 0.2) is 24.3 Å². The van der Waals surface area contributed by atoms with E-state index >= 15 is 0 Å². The Morgan fingerprint density at radius 2 is 2.00 bits per heavy atom. The summed E-state index contributed by atoms with van der Waals surface area (Å²) in [6.07, 6.45) is 2.87. The molecule has 2 aliphatic heterocycles. The summed E-state index contributed by atoms with van der Waals surface area (Å²) in [5.41, 5.74) is 1.71. The fraction of sp³-hybridized carbons (Fsp3) is 0.650. The minimum atomic E-state index is -3.35. The zero-order valence-electron chi connectivity index (χ0n) is 16.8. The summed E-state index contributed by atoms with van der Waals surface area (Å²) in [5, 5.41) is 0. The smallest absolute Gasteiger partial charge is 0.253 e. The van der Waals surface area contributed by atoms with E-state index < -0.39 is 10.0 Å². The number of nitrogens with zero attached hydrogens (tertiary/aromatic N) is 3. The molecule has 2 fully saturated rings. The van der Waals surface area contributed by atoms with Gasteiger partial charge < -0.3 is 9.64 Å². The average molecular weight is 410 g/mol. The molecule has 0 saturated carbocycles. The van der Waals surface area contributed by atoms with Crippen LogP contribution in [0.5, 0.6) is 0 Å². The highest BCUT2D eigenvalue weighted by molar-refractivity contribution is 7.88. The number of morpholine rings is 1. The fourth-order valence-electron chi connectivity index (χ4n) is 4.02. The van der Waals surface area contributed by atoms with E-state index in [1.54, 1.807) is 9.21 Å². The molecule has 0 bridgehead atoms. The van der Waals surface area contributed by atoms with Gasteiger partial charge in [0.15, 0.2) is 0 Å². The Hall–Kier alpha value is -1.48. The molecule has 0 aliphatic carbocycles. The van der Waals surface area contributed by atoms with E-state index in [-0.39, 0.29) is 11.9 Å². The highest BCUT2D eigenvalue weighted by Gasteiger charge is 2.33. The van der Waals surface area contributed by atoms with Gasteiger partial charge in [0.25, 0.3) is 5.91 Å². The molecular formula is C20H31N3O4S. The molecule has 0 aromatic heterocycles. The lowest BCUT2D eigenvalue weighted by atomic mass is 10.0. The van der Waals surface area contributed by atoms with E-state index in [4.69, 9.17) is 4.74 Å². The second-order valence-electron chi connectivity index (χ2n) is 7.74. The summed E-state index contributed by atoms with van der Waals surface area (Å²) < 4.78 is 31.9. The Bertz CT molecular complexity index is 777. The molecular weight excluding hydrogens is 378 g/mol. The SMILES string of the molecule is Cc1cccc(C(=O)N2CCCC(N(CCN3CCOCC3)S(C)(=O)=O)C2)c1. The van der Waals surface area contributed by atoms with Crippen molar-refractivity contribution in [3.05, 3.63) is 35.4 Å². The van der Waals surface area contributed by atoms with Crippen LogP contribution in [0.2, 0.25) is 0 Å². The van der Waals surface area contributed by atoms with Crippen molar-refractivity contribution in [3.8, 4) is 0 Å². The van der Waals surface area contributed by atoms with E-state index in [1.165, 1.54) is 6.26 Å². The molecule has 156 valence electrons. The predicted octanol–water partition coefficient (Wildman–Crippen LogP) is 1.19. The maximum Gasteiger partial charge on any atom is 0.253 e. The van der Waals surface area contributed by atoms with Crippen molar-refractivity contribution in [1.82, 2.24) is 14.1 Å². The van der Waals surface area contributed by atoms with Crippen LogP contribution in [0, 0.1) is 6.92 Å². The van der Waals surface area contributed by atoms with Gasteiger partial charge in [0.05, 0.1) is 19.5 Å². The summed E-state index contributed by atoms with van der Waals surface area (Å²) in [4.78, 5) is 16.9. The van der Waals surface area contributed by atoms with Gasteiger partial charge >= 0.3 is 0 Å². The number of aryl methyl sites for hydroxylation is 1. The number of rotatable bonds is 6. The maximum absolute atomic E-state index is 12.9. The minimum Gasteiger partial charge on any atom is -0.379 e. The van der Waals surface area contributed by atoms with Crippen molar-refractivity contribution in [1.29, 1.82) is 0 Å². The van der Waals surface area contributed by atoms with Crippen LogP contribution in [0.3, 0.4) is 0 Å². The number of benzene rings is 1. The molecule has 28 heavy (non-hydrogen) atoms. The molecule has 2 aliphatic rings. The minimum absolute atomic E-state index is 0.0185. The van der Waals surface area contributed by atoms with Crippen molar-refractivity contribution in [3.63, 3.8) is 0 Å². The van der Waals surface area contributed by atoms with Crippen molar-refractivity contribution in [2.24, 2.45) is 0 Å². The molecule has 2 heterocycles. The van der Waals surface area contributed by atoms with Crippen LogP contribution in [0.4, 0.5) is 0 Å². The Kier molecular flexibility index (Phi) is 7.09. The monoisotopic (exact) mass is 409 g/mol. The van der Waals surface area contributed by atoms with E-state index in [0.717, 1.165) is 31.5 Å². The van der Waals surface area contributed by atoms with Gasteiger partial charge in [-0.05, 0) is 31.9 Å². The highest BCUT2D eigenvalue weighted by atomic mass is 32.2. The summed E-state index contributed by atoms with van der Waals surface area (Å²) in [6, 6.07) is 7.39. The average Bonchev–Trinajstić information content (AvgIpc) is 2.67. The molecule has 1 aromatic carbocycles. The Labute approximate surface area is 168 Å². The lowest BCUT2D eigenvalue weighted by molar-refractivity contribution is 0.0334. The summed E-state index contributed by atoms with van der Waals surface area (Å²) >= 11 is 0. The van der Waals surface area contributed by atoms with E-state index in [0.29, 0.717) is 45.0 Å². The van der Waals surface area contributed by atoms with Gasteiger partial charge in [-0.25, -0.2) is 8.42 Å². The molecule has 3 rings (SSSR count). The first kappa shape index (κ1) is 21.2. The molecule has 1 amide bonds. The number of sulfonamides is 1. The number of amides is 1. The van der Waals surface area contributed by atoms with Gasteiger partial charge in [-0.2, -0.15) is 4.31 Å². The number of hydrogen-bond donors (Lipinski definition) is 0.